The van der Waals surface area contributed by atoms with E-state index in [0.717, 1.165) is 15.5 Å². The van der Waals surface area contributed by atoms with Crippen LogP contribution in [0.15, 0.2) is 30.3 Å². The maximum Gasteiger partial charge on any atom is 0.408 e. The molecule has 0 aromatic heterocycles. The third-order valence-electron chi connectivity index (χ3n) is 2.85. The van der Waals surface area contributed by atoms with E-state index in [1.807, 2.05) is 30.3 Å². The van der Waals surface area contributed by atoms with Gasteiger partial charge in [-0.1, -0.05) is 30.3 Å². The molecule has 1 aromatic carbocycles. The molecule has 1 unspecified atom stereocenters. The van der Waals surface area contributed by atoms with E-state index in [1.54, 1.807) is 0 Å². The molecule has 0 fully saturated rings. The Hall–Kier alpha value is -2.08. The van der Waals surface area contributed by atoms with Gasteiger partial charge in [0.2, 0.25) is 0 Å². The van der Waals surface area contributed by atoms with E-state index in [0.29, 0.717) is 0 Å². The number of carbonyl (C=O) groups excluding carboxylic acids is 1. The van der Waals surface area contributed by atoms with Crippen LogP contribution in [0, 0.1) is 0 Å². The topological polar surface area (TPSA) is 70.1 Å². The van der Waals surface area contributed by atoms with Crippen LogP contribution in [-0.4, -0.2) is 47.3 Å². The van der Waals surface area contributed by atoms with Gasteiger partial charge in [0.1, 0.15) is 6.04 Å². The summed E-state index contributed by atoms with van der Waals surface area (Å²) in [4.78, 5) is 29.0. The maximum atomic E-state index is 11.9. The predicted octanol–water partition coefficient (Wildman–Crippen LogP) is 1.57. The zero-order valence-corrected chi connectivity index (χ0v) is 11.2. The lowest BCUT2D eigenvalue weighted by atomic mass is 10.2. The Kier molecular flexibility index (Phi) is 5.32. The van der Waals surface area contributed by atoms with E-state index in [9.17, 15) is 14.7 Å². The minimum Gasteiger partial charge on any atom is -0.465 e. The zero-order valence-electron chi connectivity index (χ0n) is 11.2. The highest BCUT2D eigenvalue weighted by Crippen LogP contribution is 2.10. The standard InChI is InChI=1S/C13H18N2O4/c1-10(12(16)14(2)19-3)15(13(17)18)9-11-7-5-4-6-8-11/h4-8,10H,9H2,1-3H3,(H,17,18). The van der Waals surface area contributed by atoms with Gasteiger partial charge in [0.15, 0.2) is 0 Å². The summed E-state index contributed by atoms with van der Waals surface area (Å²) >= 11 is 0. The summed E-state index contributed by atoms with van der Waals surface area (Å²) in [6.07, 6.45) is -1.14. The first kappa shape index (κ1) is 15.0. The number of carboxylic acid groups (broad SMARTS) is 1. The van der Waals surface area contributed by atoms with Crippen LogP contribution in [0.1, 0.15) is 12.5 Å². The molecule has 19 heavy (non-hydrogen) atoms. The number of nitrogens with zero attached hydrogens (tertiary/aromatic N) is 2. The number of amides is 2. The molecule has 0 aliphatic rings. The first-order valence-electron chi connectivity index (χ1n) is 5.82. The van der Waals surface area contributed by atoms with E-state index < -0.39 is 18.0 Å². The number of rotatable bonds is 5. The van der Waals surface area contributed by atoms with Crippen molar-refractivity contribution in [1.82, 2.24) is 9.96 Å². The molecular formula is C13H18N2O4. The average Bonchev–Trinajstić information content (AvgIpc) is 2.43. The van der Waals surface area contributed by atoms with Gasteiger partial charge in [-0.2, -0.15) is 0 Å². The van der Waals surface area contributed by atoms with Crippen LogP contribution in [0.3, 0.4) is 0 Å². The predicted molar refractivity (Wildman–Crippen MR) is 69.3 cm³/mol. The molecule has 0 aliphatic carbocycles. The largest absolute Gasteiger partial charge is 0.465 e. The fraction of sp³-hybridized carbons (Fsp3) is 0.385. The van der Waals surface area contributed by atoms with Crippen molar-refractivity contribution in [2.75, 3.05) is 14.2 Å². The van der Waals surface area contributed by atoms with Crippen LogP contribution >= 0.6 is 0 Å². The molecule has 1 N–H and O–H groups in total. The molecule has 2 amide bonds. The molecule has 0 bridgehead atoms. The second kappa shape index (κ2) is 6.75. The molecule has 1 atom stereocenters. The molecular weight excluding hydrogens is 248 g/mol. The summed E-state index contributed by atoms with van der Waals surface area (Å²) in [6.45, 7) is 1.69. The SMILES string of the molecule is CON(C)C(=O)C(C)N(Cc1ccccc1)C(=O)O. The minimum absolute atomic E-state index is 0.153. The van der Waals surface area contributed by atoms with E-state index in [2.05, 4.69) is 0 Å². The van der Waals surface area contributed by atoms with Crippen molar-refractivity contribution in [1.29, 1.82) is 0 Å². The molecule has 0 saturated heterocycles. The third kappa shape index (κ3) is 3.96. The van der Waals surface area contributed by atoms with Gasteiger partial charge in [0.05, 0.1) is 7.11 Å². The Bertz CT molecular complexity index is 436. The summed E-state index contributed by atoms with van der Waals surface area (Å²) < 4.78 is 0. The van der Waals surface area contributed by atoms with E-state index in [1.165, 1.54) is 21.1 Å². The number of likely N-dealkylation sites (N-methyl/N-ethyl adjacent to an activating group) is 1. The minimum atomic E-state index is -1.14. The van der Waals surface area contributed by atoms with Crippen molar-refractivity contribution in [2.45, 2.75) is 19.5 Å². The fourth-order valence-electron chi connectivity index (χ4n) is 1.64. The molecule has 0 saturated carbocycles. The Morgan fingerprint density at radius 1 is 1.32 bits per heavy atom. The number of benzene rings is 1. The van der Waals surface area contributed by atoms with Gasteiger partial charge in [-0.25, -0.2) is 9.86 Å². The molecule has 6 heteroatoms. The summed E-state index contributed by atoms with van der Waals surface area (Å²) in [5, 5.41) is 10.2. The maximum absolute atomic E-state index is 11.9. The van der Waals surface area contributed by atoms with Gasteiger partial charge in [0, 0.05) is 13.6 Å². The highest BCUT2D eigenvalue weighted by atomic mass is 16.7. The van der Waals surface area contributed by atoms with Crippen LogP contribution in [0.2, 0.25) is 0 Å². The highest BCUT2D eigenvalue weighted by Gasteiger charge is 2.28. The fourth-order valence-corrected chi connectivity index (χ4v) is 1.64. The van der Waals surface area contributed by atoms with E-state index in [-0.39, 0.29) is 6.54 Å². The molecule has 0 radical (unpaired) electrons. The number of hydrogen-bond donors (Lipinski definition) is 1. The summed E-state index contributed by atoms with van der Waals surface area (Å²) in [5.41, 5.74) is 0.824. The molecule has 1 rings (SSSR count). The lowest BCUT2D eigenvalue weighted by Gasteiger charge is -2.28. The second-order valence-corrected chi connectivity index (χ2v) is 4.09. The van der Waals surface area contributed by atoms with Crippen LogP contribution in [-0.2, 0) is 16.2 Å². The Labute approximate surface area is 112 Å². The summed E-state index contributed by atoms with van der Waals surface area (Å²) in [7, 11) is 2.80. The Morgan fingerprint density at radius 3 is 2.37 bits per heavy atom. The van der Waals surface area contributed by atoms with Crippen molar-refractivity contribution < 1.29 is 19.5 Å². The second-order valence-electron chi connectivity index (χ2n) is 4.09. The highest BCUT2D eigenvalue weighted by molar-refractivity contribution is 5.84. The third-order valence-corrected chi connectivity index (χ3v) is 2.85. The van der Waals surface area contributed by atoms with Crippen molar-refractivity contribution in [3.8, 4) is 0 Å². The number of hydroxylamine groups is 2. The normalized spacial score (nSPS) is 11.7. The quantitative estimate of drug-likeness (QED) is 0.821. The van der Waals surface area contributed by atoms with Crippen molar-refractivity contribution >= 4 is 12.0 Å². The Balaban J connectivity index is 2.83. The van der Waals surface area contributed by atoms with Crippen LogP contribution in [0.25, 0.3) is 0 Å². The number of carbonyl (C=O) groups is 2. The summed E-state index contributed by atoms with van der Waals surface area (Å²) in [6, 6.07) is 8.30. The first-order chi connectivity index (χ1) is 8.97. The van der Waals surface area contributed by atoms with E-state index >= 15 is 0 Å². The first-order valence-corrected chi connectivity index (χ1v) is 5.82. The van der Waals surface area contributed by atoms with Gasteiger partial charge in [0.25, 0.3) is 5.91 Å². The van der Waals surface area contributed by atoms with Gasteiger partial charge in [-0.3, -0.25) is 14.5 Å². The van der Waals surface area contributed by atoms with Gasteiger partial charge in [-0.15, -0.1) is 0 Å². The van der Waals surface area contributed by atoms with Gasteiger partial charge >= 0.3 is 6.09 Å². The lowest BCUT2D eigenvalue weighted by Crippen LogP contribution is -2.47. The van der Waals surface area contributed by atoms with Crippen molar-refractivity contribution in [2.24, 2.45) is 0 Å². The smallest absolute Gasteiger partial charge is 0.408 e. The van der Waals surface area contributed by atoms with Crippen molar-refractivity contribution in [3.05, 3.63) is 35.9 Å². The van der Waals surface area contributed by atoms with E-state index in [4.69, 9.17) is 4.84 Å². The van der Waals surface area contributed by atoms with Gasteiger partial charge < -0.3 is 5.11 Å². The average molecular weight is 266 g/mol. The molecule has 6 nitrogen and oxygen atoms in total. The van der Waals surface area contributed by atoms with Crippen LogP contribution in [0.4, 0.5) is 4.79 Å². The lowest BCUT2D eigenvalue weighted by molar-refractivity contribution is -0.173. The molecule has 0 heterocycles. The van der Waals surface area contributed by atoms with Crippen molar-refractivity contribution in [3.63, 3.8) is 0 Å². The molecule has 0 spiro atoms. The summed E-state index contributed by atoms with van der Waals surface area (Å²) in [5.74, 6) is -0.416. The Morgan fingerprint density at radius 2 is 1.89 bits per heavy atom. The molecule has 1 aromatic rings. The molecule has 104 valence electrons. The molecule has 0 aliphatic heterocycles. The van der Waals surface area contributed by atoms with Gasteiger partial charge in [-0.05, 0) is 12.5 Å². The monoisotopic (exact) mass is 266 g/mol. The number of hydrogen-bond acceptors (Lipinski definition) is 3. The zero-order chi connectivity index (χ0) is 14.4. The van der Waals surface area contributed by atoms with Crippen LogP contribution < -0.4 is 0 Å². The van der Waals surface area contributed by atoms with Crippen LogP contribution in [0.5, 0.6) is 0 Å².